The third-order valence-electron chi connectivity index (χ3n) is 5.09. The minimum absolute atomic E-state index is 0.355. The van der Waals surface area contributed by atoms with E-state index in [1.807, 2.05) is 39.0 Å². The van der Waals surface area contributed by atoms with Crippen LogP contribution in [0.4, 0.5) is 10.5 Å². The van der Waals surface area contributed by atoms with Crippen LogP contribution in [-0.2, 0) is 15.1 Å². The summed E-state index contributed by atoms with van der Waals surface area (Å²) < 4.78 is 5.37. The lowest BCUT2D eigenvalue weighted by Crippen LogP contribution is -2.45. The van der Waals surface area contributed by atoms with Crippen LogP contribution in [0, 0.1) is 10.8 Å². The fourth-order valence-corrected chi connectivity index (χ4v) is 5.07. The van der Waals surface area contributed by atoms with Crippen LogP contribution in [0.25, 0.3) is 0 Å². The normalized spacial score (nSPS) is 24.6. The summed E-state index contributed by atoms with van der Waals surface area (Å²) in [6, 6.07) is 7.43. The Labute approximate surface area is 169 Å². The van der Waals surface area contributed by atoms with Gasteiger partial charge in [-0.2, -0.15) is 0 Å². The third kappa shape index (κ3) is 4.48. The molecular formula is C20H28N3O4S+. The molecule has 1 fully saturated rings. The van der Waals surface area contributed by atoms with Crippen LogP contribution in [0.15, 0.2) is 29.3 Å². The molecule has 0 aromatic heterocycles. The number of alkyl carbamates (subject to hydrolysis) is 1. The predicted molar refractivity (Wildman–Crippen MR) is 110 cm³/mol. The van der Waals surface area contributed by atoms with E-state index in [1.165, 1.54) is 13.5 Å². The number of hydrogen-bond donors (Lipinski definition) is 1. The van der Waals surface area contributed by atoms with E-state index in [4.69, 9.17) is 14.6 Å². The first kappa shape index (κ1) is 20.6. The van der Waals surface area contributed by atoms with E-state index in [2.05, 4.69) is 5.32 Å². The molecule has 1 aromatic carbocycles. The molecule has 0 saturated heterocycles. The van der Waals surface area contributed by atoms with Crippen molar-refractivity contribution in [1.82, 2.24) is 5.32 Å². The molecule has 152 valence electrons. The highest BCUT2D eigenvalue weighted by atomic mass is 32.2. The highest BCUT2D eigenvalue weighted by molar-refractivity contribution is 8.13. The minimum Gasteiger partial charge on any atom is -0.444 e. The Morgan fingerprint density at radius 2 is 2.14 bits per heavy atom. The number of ether oxygens (including phenoxy) is 1. The SMILES string of the molecule is CO[N+](=O)c1cccc(C23CCCCC2CSC(NC(=O)OC(C)(C)C)=N3)c1. The van der Waals surface area contributed by atoms with Gasteiger partial charge < -0.3 is 4.74 Å². The van der Waals surface area contributed by atoms with Crippen LogP contribution in [0.1, 0.15) is 52.0 Å². The van der Waals surface area contributed by atoms with Gasteiger partial charge in [-0.1, -0.05) is 36.7 Å². The summed E-state index contributed by atoms with van der Waals surface area (Å²) in [4.78, 5) is 34.5. The first-order chi connectivity index (χ1) is 13.2. The van der Waals surface area contributed by atoms with Crippen molar-refractivity contribution in [3.63, 3.8) is 0 Å². The molecule has 1 aromatic rings. The first-order valence-electron chi connectivity index (χ1n) is 9.58. The summed E-state index contributed by atoms with van der Waals surface area (Å²) in [5.74, 6) is 1.22. The van der Waals surface area contributed by atoms with Crippen molar-refractivity contribution in [2.45, 2.75) is 57.6 Å². The van der Waals surface area contributed by atoms with Gasteiger partial charge in [0.25, 0.3) is 4.92 Å². The molecular weight excluding hydrogens is 378 g/mol. The van der Waals surface area contributed by atoms with Gasteiger partial charge in [-0.25, -0.2) is 9.63 Å². The van der Waals surface area contributed by atoms with Crippen molar-refractivity contribution in [2.24, 2.45) is 10.9 Å². The van der Waals surface area contributed by atoms with Gasteiger partial charge in [0.15, 0.2) is 12.3 Å². The summed E-state index contributed by atoms with van der Waals surface area (Å²) in [5, 5.41) is 3.38. The maximum atomic E-state index is 12.2. The van der Waals surface area contributed by atoms with Gasteiger partial charge >= 0.3 is 11.8 Å². The second-order valence-electron chi connectivity index (χ2n) is 8.21. The van der Waals surface area contributed by atoms with E-state index in [9.17, 15) is 9.70 Å². The van der Waals surface area contributed by atoms with Gasteiger partial charge in [0.2, 0.25) is 0 Å². The van der Waals surface area contributed by atoms with E-state index in [-0.39, 0.29) is 0 Å². The average molecular weight is 407 g/mol. The van der Waals surface area contributed by atoms with Crippen LogP contribution < -0.4 is 5.32 Å². The van der Waals surface area contributed by atoms with E-state index in [0.717, 1.165) is 30.6 Å². The zero-order valence-corrected chi connectivity index (χ0v) is 17.7. The quantitative estimate of drug-likeness (QED) is 0.738. The number of thioether (sulfide) groups is 1. The van der Waals surface area contributed by atoms with Gasteiger partial charge in [-0.15, -0.1) is 0 Å². The number of amidine groups is 1. The molecule has 7 nitrogen and oxygen atoms in total. The van der Waals surface area contributed by atoms with E-state index in [1.54, 1.807) is 17.8 Å². The number of hydrogen-bond acceptors (Lipinski definition) is 6. The molecule has 1 saturated carbocycles. The van der Waals surface area contributed by atoms with Crippen molar-refractivity contribution < 1.29 is 19.3 Å². The standard InChI is InChI=1S/C20H27N3O4S/c1-19(2,3)27-18(24)21-17-22-20(11-6-5-8-15(20)13-28-17)14-9-7-10-16(12-14)23(25)26-4/h7,9-10,12,15H,5-6,8,11,13H2,1-4H3/p+1. The van der Waals surface area contributed by atoms with Gasteiger partial charge in [0.1, 0.15) is 5.60 Å². The molecule has 2 atom stereocenters. The number of nitrogens with one attached hydrogen (secondary N) is 1. The summed E-state index contributed by atoms with van der Waals surface area (Å²) in [5.41, 5.74) is 0.407. The summed E-state index contributed by atoms with van der Waals surface area (Å²) in [6.45, 7) is 5.49. The molecule has 1 N–H and O–H groups in total. The van der Waals surface area contributed by atoms with Gasteiger partial charge in [-0.3, -0.25) is 10.3 Å². The lowest BCUT2D eigenvalue weighted by atomic mass is 9.70. The lowest BCUT2D eigenvalue weighted by Gasteiger charge is -2.44. The Bertz CT molecular complexity index is 790. The Morgan fingerprint density at radius 1 is 1.36 bits per heavy atom. The molecule has 3 rings (SSSR count). The highest BCUT2D eigenvalue weighted by Crippen LogP contribution is 2.49. The molecule has 28 heavy (non-hydrogen) atoms. The number of fused-ring (bicyclic) bond motifs is 1. The van der Waals surface area contributed by atoms with Crippen LogP contribution in [0.3, 0.4) is 0 Å². The third-order valence-corrected chi connectivity index (χ3v) is 6.12. The average Bonchev–Trinajstić information content (AvgIpc) is 2.65. The van der Waals surface area contributed by atoms with Crippen molar-refractivity contribution in [2.75, 3.05) is 12.9 Å². The number of nitrogens with zero attached hydrogens (tertiary/aromatic N) is 2. The number of benzene rings is 1. The Morgan fingerprint density at radius 3 is 2.86 bits per heavy atom. The van der Waals surface area contributed by atoms with E-state index >= 15 is 0 Å². The zero-order chi connectivity index (χ0) is 20.4. The number of carbonyl (C=O) groups excluding carboxylic acids is 1. The summed E-state index contributed by atoms with van der Waals surface area (Å²) >= 11 is 1.55. The smallest absolute Gasteiger partial charge is 0.413 e. The Kier molecular flexibility index (Phi) is 5.98. The Balaban J connectivity index is 1.94. The van der Waals surface area contributed by atoms with E-state index < -0.39 is 17.2 Å². The number of aliphatic imine (C=N–C) groups is 1. The number of rotatable bonds is 3. The maximum Gasteiger partial charge on any atom is 0.413 e. The fourth-order valence-electron chi connectivity index (χ4n) is 3.88. The Hall–Kier alpha value is -2.09. The maximum absolute atomic E-state index is 12.2. The molecule has 8 heteroatoms. The second kappa shape index (κ2) is 8.11. The van der Waals surface area contributed by atoms with Crippen LogP contribution in [-0.4, -0.2) is 34.6 Å². The summed E-state index contributed by atoms with van der Waals surface area (Å²) in [6.07, 6.45) is 3.68. The predicted octanol–water partition coefficient (Wildman–Crippen LogP) is 4.67. The number of carbonyl (C=O) groups is 1. The highest BCUT2D eigenvalue weighted by Gasteiger charge is 2.45. The first-order valence-corrected chi connectivity index (χ1v) is 10.6. The van der Waals surface area contributed by atoms with Crippen molar-refractivity contribution in [3.8, 4) is 0 Å². The molecule has 0 radical (unpaired) electrons. The van der Waals surface area contributed by atoms with Crippen LogP contribution in [0.5, 0.6) is 0 Å². The molecule has 0 bridgehead atoms. The van der Waals surface area contributed by atoms with Gasteiger partial charge in [0, 0.05) is 17.9 Å². The fraction of sp³-hybridized carbons (Fsp3) is 0.600. The van der Waals surface area contributed by atoms with E-state index in [0.29, 0.717) is 21.7 Å². The molecule has 1 heterocycles. The topological polar surface area (TPSA) is 80.0 Å². The molecule has 1 aliphatic carbocycles. The monoisotopic (exact) mass is 406 g/mol. The van der Waals surface area contributed by atoms with Gasteiger partial charge in [-0.05, 0) is 45.1 Å². The molecule has 1 aliphatic heterocycles. The van der Waals surface area contributed by atoms with Crippen LogP contribution in [0.2, 0.25) is 0 Å². The lowest BCUT2D eigenvalue weighted by molar-refractivity contribution is -0.736. The van der Waals surface area contributed by atoms with Gasteiger partial charge in [0.05, 0.1) is 10.4 Å². The largest absolute Gasteiger partial charge is 0.444 e. The summed E-state index contributed by atoms with van der Waals surface area (Å²) in [7, 11) is 1.35. The molecule has 2 aliphatic rings. The van der Waals surface area contributed by atoms with Crippen molar-refractivity contribution >= 4 is 28.7 Å². The second-order valence-corrected chi connectivity index (χ2v) is 9.22. The zero-order valence-electron chi connectivity index (χ0n) is 16.9. The van der Waals surface area contributed by atoms with Crippen molar-refractivity contribution in [1.29, 1.82) is 0 Å². The molecule has 2 unspecified atom stereocenters. The van der Waals surface area contributed by atoms with Crippen molar-refractivity contribution in [3.05, 3.63) is 34.7 Å². The van der Waals surface area contributed by atoms with Crippen LogP contribution >= 0.6 is 11.8 Å². The molecule has 1 amide bonds. The minimum atomic E-state index is -0.568. The molecule has 0 spiro atoms. The number of amides is 1.